The van der Waals surface area contributed by atoms with Crippen LogP contribution in [0.15, 0.2) is 103 Å². The van der Waals surface area contributed by atoms with E-state index in [4.69, 9.17) is 9.47 Å². The SMILES string of the molecule is CC(=O)NCCNCc1ccc(OCc2cccc(-c3ccccc3)c2C)cc1OCc1nccc2ccccc12. The molecule has 5 aromatic rings. The van der Waals surface area contributed by atoms with Crippen molar-refractivity contribution < 1.29 is 14.3 Å². The molecule has 6 heteroatoms. The normalized spacial score (nSPS) is 10.9. The Morgan fingerprint density at radius 1 is 0.805 bits per heavy atom. The number of nitrogens with zero attached hydrogens (tertiary/aromatic N) is 1. The van der Waals surface area contributed by atoms with Crippen molar-refractivity contribution in [1.29, 1.82) is 0 Å². The molecule has 0 saturated heterocycles. The number of carbonyl (C=O) groups excluding carboxylic acids is 1. The Labute approximate surface area is 241 Å². The second kappa shape index (κ2) is 13.6. The second-order valence-corrected chi connectivity index (χ2v) is 9.94. The third kappa shape index (κ3) is 7.29. The van der Waals surface area contributed by atoms with Crippen molar-refractivity contribution in [3.63, 3.8) is 0 Å². The van der Waals surface area contributed by atoms with E-state index in [-0.39, 0.29) is 5.91 Å². The molecular weight excluding hydrogens is 510 g/mol. The van der Waals surface area contributed by atoms with Crippen molar-refractivity contribution in [2.45, 2.75) is 33.6 Å². The Bertz CT molecular complexity index is 1610. The summed E-state index contributed by atoms with van der Waals surface area (Å²) < 4.78 is 12.7. The molecule has 0 radical (unpaired) electrons. The lowest BCUT2D eigenvalue weighted by atomic mass is 9.97. The average molecular weight is 546 g/mol. The lowest BCUT2D eigenvalue weighted by Crippen LogP contribution is -2.30. The highest BCUT2D eigenvalue weighted by Gasteiger charge is 2.11. The Morgan fingerprint density at radius 3 is 2.49 bits per heavy atom. The number of nitrogens with one attached hydrogen (secondary N) is 2. The van der Waals surface area contributed by atoms with Crippen molar-refractivity contribution >= 4 is 16.7 Å². The first-order valence-electron chi connectivity index (χ1n) is 13.9. The molecule has 0 saturated carbocycles. The molecule has 4 aromatic carbocycles. The van der Waals surface area contributed by atoms with Crippen LogP contribution in [0.5, 0.6) is 11.5 Å². The molecule has 208 valence electrons. The van der Waals surface area contributed by atoms with Gasteiger partial charge in [-0.3, -0.25) is 9.78 Å². The fraction of sp³-hybridized carbons (Fsp3) is 0.200. The third-order valence-electron chi connectivity index (χ3n) is 7.08. The lowest BCUT2D eigenvalue weighted by Gasteiger charge is -2.16. The Balaban J connectivity index is 1.33. The van der Waals surface area contributed by atoms with Gasteiger partial charge < -0.3 is 20.1 Å². The molecule has 1 aromatic heterocycles. The minimum absolute atomic E-state index is 0.0375. The summed E-state index contributed by atoms with van der Waals surface area (Å²) in [5, 5.41) is 8.40. The summed E-state index contributed by atoms with van der Waals surface area (Å²) in [4.78, 5) is 15.8. The maximum atomic E-state index is 11.2. The van der Waals surface area contributed by atoms with Gasteiger partial charge in [0.2, 0.25) is 5.91 Å². The maximum Gasteiger partial charge on any atom is 0.216 e. The summed E-state index contributed by atoms with van der Waals surface area (Å²) in [6.45, 7) is 6.25. The number of benzene rings is 4. The molecule has 6 nitrogen and oxygen atoms in total. The smallest absolute Gasteiger partial charge is 0.216 e. The molecule has 5 rings (SSSR count). The largest absolute Gasteiger partial charge is 0.489 e. The number of hydrogen-bond donors (Lipinski definition) is 2. The average Bonchev–Trinajstić information content (AvgIpc) is 3.00. The zero-order chi connectivity index (χ0) is 28.4. The van der Waals surface area contributed by atoms with Gasteiger partial charge in [-0.15, -0.1) is 0 Å². The zero-order valence-corrected chi connectivity index (χ0v) is 23.5. The molecule has 0 aliphatic carbocycles. The summed E-state index contributed by atoms with van der Waals surface area (Å²) in [5.74, 6) is 1.43. The minimum atomic E-state index is -0.0375. The lowest BCUT2D eigenvalue weighted by molar-refractivity contribution is -0.118. The van der Waals surface area contributed by atoms with Gasteiger partial charge in [-0.1, -0.05) is 78.9 Å². The van der Waals surface area contributed by atoms with Crippen LogP contribution in [0.2, 0.25) is 0 Å². The van der Waals surface area contributed by atoms with Gasteiger partial charge in [-0.05, 0) is 46.7 Å². The topological polar surface area (TPSA) is 72.5 Å². The zero-order valence-electron chi connectivity index (χ0n) is 23.5. The number of carbonyl (C=O) groups is 1. The first kappa shape index (κ1) is 27.9. The molecule has 0 atom stereocenters. The van der Waals surface area contributed by atoms with E-state index in [9.17, 15) is 4.79 Å². The highest BCUT2D eigenvalue weighted by atomic mass is 16.5. The van der Waals surface area contributed by atoms with Gasteiger partial charge in [0.1, 0.15) is 24.7 Å². The third-order valence-corrected chi connectivity index (χ3v) is 7.08. The number of rotatable bonds is 12. The molecule has 1 heterocycles. The highest BCUT2D eigenvalue weighted by Crippen LogP contribution is 2.29. The van der Waals surface area contributed by atoms with E-state index in [1.54, 1.807) is 0 Å². The predicted molar refractivity (Wildman–Crippen MR) is 164 cm³/mol. The van der Waals surface area contributed by atoms with Crippen molar-refractivity contribution in [1.82, 2.24) is 15.6 Å². The van der Waals surface area contributed by atoms with Crippen molar-refractivity contribution in [3.8, 4) is 22.6 Å². The Kier molecular flexibility index (Phi) is 9.24. The maximum absolute atomic E-state index is 11.2. The van der Waals surface area contributed by atoms with E-state index in [2.05, 4.69) is 77.1 Å². The summed E-state index contributed by atoms with van der Waals surface area (Å²) in [5.41, 5.74) is 6.63. The summed E-state index contributed by atoms with van der Waals surface area (Å²) in [7, 11) is 0. The molecule has 41 heavy (non-hydrogen) atoms. The van der Waals surface area contributed by atoms with E-state index in [0.29, 0.717) is 32.8 Å². The van der Waals surface area contributed by atoms with Gasteiger partial charge in [0.05, 0.1) is 5.69 Å². The monoisotopic (exact) mass is 545 g/mol. The Morgan fingerprint density at radius 2 is 1.63 bits per heavy atom. The fourth-order valence-corrected chi connectivity index (χ4v) is 4.83. The molecule has 2 N–H and O–H groups in total. The van der Waals surface area contributed by atoms with Crippen LogP contribution in [0.25, 0.3) is 21.9 Å². The van der Waals surface area contributed by atoms with Crippen LogP contribution in [0.4, 0.5) is 0 Å². The molecule has 1 amide bonds. The van der Waals surface area contributed by atoms with Gasteiger partial charge in [0.25, 0.3) is 0 Å². The molecule has 0 aliphatic heterocycles. The van der Waals surface area contributed by atoms with Crippen LogP contribution < -0.4 is 20.1 Å². The fourth-order valence-electron chi connectivity index (χ4n) is 4.83. The van der Waals surface area contributed by atoms with E-state index in [1.807, 2.05) is 48.7 Å². The van der Waals surface area contributed by atoms with Crippen LogP contribution in [0.3, 0.4) is 0 Å². The molecule has 0 spiro atoms. The number of pyridine rings is 1. The number of amides is 1. The highest BCUT2D eigenvalue weighted by molar-refractivity contribution is 5.84. The van der Waals surface area contributed by atoms with Crippen LogP contribution >= 0.6 is 0 Å². The van der Waals surface area contributed by atoms with Gasteiger partial charge in [-0.2, -0.15) is 0 Å². The van der Waals surface area contributed by atoms with Crippen LogP contribution in [-0.4, -0.2) is 24.0 Å². The van der Waals surface area contributed by atoms with Crippen molar-refractivity contribution in [2.24, 2.45) is 0 Å². The summed E-state index contributed by atoms with van der Waals surface area (Å²) in [6.07, 6.45) is 1.82. The number of ether oxygens (including phenoxy) is 2. The quantitative estimate of drug-likeness (QED) is 0.173. The summed E-state index contributed by atoms with van der Waals surface area (Å²) >= 11 is 0. The molecule has 0 bridgehead atoms. The molecular formula is C35H35N3O3. The van der Waals surface area contributed by atoms with Gasteiger partial charge in [0.15, 0.2) is 0 Å². The number of hydrogen-bond acceptors (Lipinski definition) is 5. The molecule has 0 fully saturated rings. The van der Waals surface area contributed by atoms with Gasteiger partial charge in [0, 0.05) is 49.8 Å². The van der Waals surface area contributed by atoms with Crippen LogP contribution in [0, 0.1) is 6.92 Å². The molecule has 0 aliphatic rings. The second-order valence-electron chi connectivity index (χ2n) is 9.94. The van der Waals surface area contributed by atoms with Gasteiger partial charge >= 0.3 is 0 Å². The van der Waals surface area contributed by atoms with Crippen LogP contribution in [-0.2, 0) is 24.6 Å². The Hall–Kier alpha value is -4.68. The van der Waals surface area contributed by atoms with Crippen molar-refractivity contribution in [3.05, 3.63) is 126 Å². The minimum Gasteiger partial charge on any atom is -0.489 e. The van der Waals surface area contributed by atoms with E-state index in [0.717, 1.165) is 39.1 Å². The van der Waals surface area contributed by atoms with Crippen molar-refractivity contribution in [2.75, 3.05) is 13.1 Å². The summed E-state index contributed by atoms with van der Waals surface area (Å²) in [6, 6.07) is 32.9. The van der Waals surface area contributed by atoms with E-state index < -0.39 is 0 Å². The predicted octanol–water partition coefficient (Wildman–Crippen LogP) is 6.59. The van der Waals surface area contributed by atoms with Crippen LogP contribution in [0.1, 0.15) is 29.3 Å². The molecule has 0 unspecified atom stereocenters. The van der Waals surface area contributed by atoms with E-state index in [1.165, 1.54) is 23.6 Å². The van der Waals surface area contributed by atoms with E-state index >= 15 is 0 Å². The first-order chi connectivity index (χ1) is 20.1. The first-order valence-corrected chi connectivity index (χ1v) is 13.9. The number of fused-ring (bicyclic) bond motifs is 1. The van der Waals surface area contributed by atoms with Gasteiger partial charge in [-0.25, -0.2) is 0 Å². The number of aromatic nitrogens is 1. The standard InChI is InChI=1S/C35H35N3O3/c1-25-30(12-8-14-32(25)27-9-4-3-5-10-27)23-40-31-16-15-29(22-36-19-20-37-26(2)39)35(21-31)41-24-34-33-13-7-6-11-28(33)17-18-38-34/h3-18,21,36H,19-20,22-24H2,1-2H3,(H,37,39).